The molecule has 0 aliphatic rings. The molecule has 2 nitrogen and oxygen atoms in total. The Morgan fingerprint density at radius 1 is 1.37 bits per heavy atom. The second-order valence-corrected chi connectivity index (χ2v) is 3.81. The Bertz CT molecular complexity index is 480. The average molecular weight is 275 g/mol. The van der Waals surface area contributed by atoms with Crippen LogP contribution in [-0.4, -0.2) is 12.5 Å². The molecule has 0 saturated heterocycles. The number of rotatable bonds is 4. The lowest BCUT2D eigenvalue weighted by atomic mass is 10.1. The molecule has 0 aromatic heterocycles. The van der Waals surface area contributed by atoms with Crippen LogP contribution in [-0.2, 0) is 6.18 Å². The highest BCUT2D eigenvalue weighted by molar-refractivity contribution is 5.94. The maximum Gasteiger partial charge on any atom is 0.419 e. The molecule has 19 heavy (non-hydrogen) atoms. The molecule has 0 radical (unpaired) electrons. The number of alkyl halides is 3. The van der Waals surface area contributed by atoms with E-state index < -0.39 is 23.5 Å². The lowest BCUT2D eigenvalue weighted by molar-refractivity contribution is -0.140. The van der Waals surface area contributed by atoms with Gasteiger partial charge in [0.1, 0.15) is 5.82 Å². The summed E-state index contributed by atoms with van der Waals surface area (Å²) in [6, 6.07) is 2.18. The van der Waals surface area contributed by atoms with E-state index in [4.69, 9.17) is 0 Å². The van der Waals surface area contributed by atoms with Gasteiger partial charge < -0.3 is 5.32 Å². The monoisotopic (exact) mass is 275 g/mol. The van der Waals surface area contributed by atoms with Crippen LogP contribution in [0.15, 0.2) is 30.4 Å². The first-order valence-electron chi connectivity index (χ1n) is 5.62. The van der Waals surface area contributed by atoms with Crippen molar-refractivity contribution in [2.45, 2.75) is 19.5 Å². The quantitative estimate of drug-likeness (QED) is 0.508. The molecule has 1 aromatic carbocycles. The van der Waals surface area contributed by atoms with Gasteiger partial charge in [-0.3, -0.25) is 4.79 Å². The highest BCUT2D eigenvalue weighted by atomic mass is 19.4. The van der Waals surface area contributed by atoms with Crippen LogP contribution in [0, 0.1) is 5.82 Å². The number of nitrogens with one attached hydrogen (secondary N) is 1. The van der Waals surface area contributed by atoms with E-state index in [0.717, 1.165) is 6.07 Å². The van der Waals surface area contributed by atoms with Gasteiger partial charge in [0.25, 0.3) is 5.91 Å². The van der Waals surface area contributed by atoms with Crippen molar-refractivity contribution in [3.63, 3.8) is 0 Å². The molecule has 0 heterocycles. The normalized spacial score (nSPS) is 11.8. The molecule has 0 spiro atoms. The molecule has 0 bridgehead atoms. The molecule has 0 aliphatic heterocycles. The Labute approximate surface area is 108 Å². The summed E-state index contributed by atoms with van der Waals surface area (Å²) in [7, 11) is 0. The first-order chi connectivity index (χ1) is 8.86. The zero-order valence-corrected chi connectivity index (χ0v) is 10.2. The lowest BCUT2D eigenvalue weighted by Gasteiger charge is -2.10. The Kier molecular flexibility index (Phi) is 5.09. The van der Waals surface area contributed by atoms with Crippen LogP contribution in [0.1, 0.15) is 29.3 Å². The zero-order valence-electron chi connectivity index (χ0n) is 10.2. The van der Waals surface area contributed by atoms with Crippen molar-refractivity contribution in [1.82, 2.24) is 5.32 Å². The number of benzene rings is 1. The van der Waals surface area contributed by atoms with Gasteiger partial charge in [-0.25, -0.2) is 4.39 Å². The van der Waals surface area contributed by atoms with E-state index in [0.29, 0.717) is 25.1 Å². The van der Waals surface area contributed by atoms with Gasteiger partial charge in [0, 0.05) is 12.1 Å². The first kappa shape index (κ1) is 15.2. The van der Waals surface area contributed by atoms with Crippen LogP contribution in [0.25, 0.3) is 0 Å². The fourth-order valence-electron chi connectivity index (χ4n) is 1.42. The van der Waals surface area contributed by atoms with Crippen LogP contribution >= 0.6 is 0 Å². The molecule has 0 unspecified atom stereocenters. The third-order valence-corrected chi connectivity index (χ3v) is 2.37. The van der Waals surface area contributed by atoms with Gasteiger partial charge in [-0.1, -0.05) is 12.2 Å². The summed E-state index contributed by atoms with van der Waals surface area (Å²) < 4.78 is 50.4. The molecule has 6 heteroatoms. The number of allylic oxidation sites excluding steroid dienone is 1. The third-order valence-electron chi connectivity index (χ3n) is 2.37. The van der Waals surface area contributed by atoms with Crippen LogP contribution < -0.4 is 5.32 Å². The van der Waals surface area contributed by atoms with Crippen LogP contribution in [0.5, 0.6) is 0 Å². The molecular formula is C13H13F4NO. The number of carbonyl (C=O) groups is 1. The Morgan fingerprint density at radius 2 is 2.05 bits per heavy atom. The van der Waals surface area contributed by atoms with Crippen molar-refractivity contribution >= 4 is 5.91 Å². The van der Waals surface area contributed by atoms with Gasteiger partial charge in [0.05, 0.1) is 5.56 Å². The van der Waals surface area contributed by atoms with E-state index in [-0.39, 0.29) is 5.56 Å². The van der Waals surface area contributed by atoms with E-state index in [1.807, 2.05) is 13.0 Å². The summed E-state index contributed by atoms with van der Waals surface area (Å²) in [5.41, 5.74) is -1.65. The van der Waals surface area contributed by atoms with Crippen LogP contribution in [0.2, 0.25) is 0 Å². The Morgan fingerprint density at radius 3 is 2.63 bits per heavy atom. The Hall–Kier alpha value is -1.85. The van der Waals surface area contributed by atoms with E-state index in [1.54, 1.807) is 6.08 Å². The van der Waals surface area contributed by atoms with Gasteiger partial charge in [-0.05, 0) is 31.5 Å². The number of halogens is 4. The SMILES string of the molecule is C/C=C/CCNC(=O)c1ccc(F)c(C(F)(F)F)c1. The molecule has 0 aliphatic carbocycles. The molecular weight excluding hydrogens is 262 g/mol. The fourth-order valence-corrected chi connectivity index (χ4v) is 1.42. The molecule has 1 rings (SSSR count). The lowest BCUT2D eigenvalue weighted by Crippen LogP contribution is -2.24. The van der Waals surface area contributed by atoms with E-state index in [2.05, 4.69) is 5.32 Å². The summed E-state index contributed by atoms with van der Waals surface area (Å²) in [5, 5.41) is 2.45. The van der Waals surface area contributed by atoms with Crippen molar-refractivity contribution < 1.29 is 22.4 Å². The molecule has 0 atom stereocenters. The van der Waals surface area contributed by atoms with Crippen molar-refractivity contribution in [3.8, 4) is 0 Å². The molecule has 1 amide bonds. The standard InChI is InChI=1S/C13H13F4NO/c1-2-3-4-7-18-12(19)9-5-6-11(14)10(8-9)13(15,16)17/h2-3,5-6,8H,4,7H2,1H3,(H,18,19)/b3-2+. The smallest absolute Gasteiger partial charge is 0.352 e. The van der Waals surface area contributed by atoms with E-state index >= 15 is 0 Å². The van der Waals surface area contributed by atoms with Gasteiger partial charge >= 0.3 is 6.18 Å². The summed E-state index contributed by atoms with van der Waals surface area (Å²) in [5.74, 6) is -2.05. The average Bonchev–Trinajstić information content (AvgIpc) is 2.33. The van der Waals surface area contributed by atoms with Gasteiger partial charge in [-0.2, -0.15) is 13.2 Å². The maximum atomic E-state index is 13.0. The zero-order chi connectivity index (χ0) is 14.5. The van der Waals surface area contributed by atoms with E-state index in [9.17, 15) is 22.4 Å². The van der Waals surface area contributed by atoms with Gasteiger partial charge in [0.15, 0.2) is 0 Å². The van der Waals surface area contributed by atoms with Gasteiger partial charge in [-0.15, -0.1) is 0 Å². The molecule has 104 valence electrons. The number of amides is 1. The van der Waals surface area contributed by atoms with Crippen LogP contribution in [0.4, 0.5) is 17.6 Å². The highest BCUT2D eigenvalue weighted by Crippen LogP contribution is 2.31. The maximum absolute atomic E-state index is 13.0. The predicted octanol–water partition coefficient (Wildman–Crippen LogP) is 3.54. The minimum absolute atomic E-state index is 0.214. The van der Waals surface area contributed by atoms with E-state index in [1.165, 1.54) is 0 Å². The summed E-state index contributed by atoms with van der Waals surface area (Å²) >= 11 is 0. The Balaban J connectivity index is 2.81. The second-order valence-electron chi connectivity index (χ2n) is 3.81. The first-order valence-corrected chi connectivity index (χ1v) is 5.62. The van der Waals surface area contributed by atoms with Crippen molar-refractivity contribution in [1.29, 1.82) is 0 Å². The summed E-state index contributed by atoms with van der Waals surface area (Å²) in [6.45, 7) is 2.12. The summed E-state index contributed by atoms with van der Waals surface area (Å²) in [4.78, 5) is 11.6. The third kappa shape index (κ3) is 4.39. The largest absolute Gasteiger partial charge is 0.419 e. The number of hydrogen-bond acceptors (Lipinski definition) is 1. The van der Waals surface area contributed by atoms with Crippen molar-refractivity contribution in [3.05, 3.63) is 47.3 Å². The molecule has 1 N–H and O–H groups in total. The van der Waals surface area contributed by atoms with Gasteiger partial charge in [0.2, 0.25) is 0 Å². The molecule has 0 saturated carbocycles. The number of carbonyl (C=O) groups excluding carboxylic acids is 1. The fraction of sp³-hybridized carbons (Fsp3) is 0.308. The predicted molar refractivity (Wildman–Crippen MR) is 63.2 cm³/mol. The highest BCUT2D eigenvalue weighted by Gasteiger charge is 2.34. The minimum Gasteiger partial charge on any atom is -0.352 e. The molecule has 0 fully saturated rings. The van der Waals surface area contributed by atoms with Crippen molar-refractivity contribution in [2.24, 2.45) is 0 Å². The second kappa shape index (κ2) is 6.36. The van der Waals surface area contributed by atoms with Crippen molar-refractivity contribution in [2.75, 3.05) is 6.54 Å². The minimum atomic E-state index is -4.81. The number of hydrogen-bond donors (Lipinski definition) is 1. The summed E-state index contributed by atoms with van der Waals surface area (Å²) in [6.07, 6.45) is -0.626. The van der Waals surface area contributed by atoms with Crippen LogP contribution in [0.3, 0.4) is 0 Å². The molecule has 1 aromatic rings. The topological polar surface area (TPSA) is 29.1 Å².